The molecule has 0 saturated carbocycles. The van der Waals surface area contributed by atoms with Gasteiger partial charge in [0.25, 0.3) is 0 Å². The maximum Gasteiger partial charge on any atom is 0.0782 e. The Labute approximate surface area is 136 Å². The largest absolute Gasteiger partial charge is 0.314 e. The molecule has 0 bridgehead atoms. The smallest absolute Gasteiger partial charge is 0.0782 e. The van der Waals surface area contributed by atoms with Gasteiger partial charge in [-0.25, -0.2) is 0 Å². The summed E-state index contributed by atoms with van der Waals surface area (Å²) in [6, 6.07) is 10.9. The van der Waals surface area contributed by atoms with Crippen molar-refractivity contribution in [3.05, 3.63) is 63.9 Å². The Morgan fingerprint density at radius 3 is 2.77 bits per heavy atom. The molecule has 4 heteroatoms. The fourth-order valence-electron chi connectivity index (χ4n) is 3.69. The standard InChI is InChI=1S/C18H20ClN3/c19-15-5-6-16-14(12-15)4-3-13-2-1-7-21-17(13)18(16)22-10-8-20-9-11-22/h1-2,5-7,12,18,20H,3-4,8-11H2/t18-/m1/s1. The van der Waals surface area contributed by atoms with Crippen molar-refractivity contribution in [2.75, 3.05) is 26.2 Å². The average molecular weight is 314 g/mol. The number of halogens is 1. The molecule has 22 heavy (non-hydrogen) atoms. The molecule has 2 heterocycles. The zero-order valence-electron chi connectivity index (χ0n) is 12.6. The summed E-state index contributed by atoms with van der Waals surface area (Å²) in [5.41, 5.74) is 5.35. The van der Waals surface area contributed by atoms with Crippen LogP contribution in [0.15, 0.2) is 36.5 Å². The average Bonchev–Trinajstić information content (AvgIpc) is 2.72. The van der Waals surface area contributed by atoms with E-state index in [1.807, 2.05) is 12.3 Å². The molecule has 1 aromatic heterocycles. The van der Waals surface area contributed by atoms with E-state index in [0.29, 0.717) is 0 Å². The second-order valence-corrected chi connectivity index (χ2v) is 6.52. The van der Waals surface area contributed by atoms with Gasteiger partial charge in [-0.2, -0.15) is 0 Å². The first-order chi connectivity index (χ1) is 10.8. The van der Waals surface area contributed by atoms with Crippen LogP contribution in [-0.2, 0) is 12.8 Å². The van der Waals surface area contributed by atoms with E-state index < -0.39 is 0 Å². The molecule has 0 amide bonds. The Bertz CT molecular complexity index is 680. The Balaban J connectivity index is 1.86. The number of nitrogens with zero attached hydrogens (tertiary/aromatic N) is 2. The summed E-state index contributed by atoms with van der Waals surface area (Å²) in [7, 11) is 0. The normalized spacial score (nSPS) is 21.8. The summed E-state index contributed by atoms with van der Waals surface area (Å²) in [4.78, 5) is 7.32. The number of fused-ring (bicyclic) bond motifs is 2. The monoisotopic (exact) mass is 313 g/mol. The van der Waals surface area contributed by atoms with Gasteiger partial charge in [0, 0.05) is 37.4 Å². The second kappa shape index (κ2) is 5.99. The van der Waals surface area contributed by atoms with Crippen molar-refractivity contribution in [3.63, 3.8) is 0 Å². The van der Waals surface area contributed by atoms with Gasteiger partial charge in [0.2, 0.25) is 0 Å². The zero-order chi connectivity index (χ0) is 14.9. The maximum absolute atomic E-state index is 6.24. The highest BCUT2D eigenvalue weighted by Gasteiger charge is 2.30. The molecule has 2 aromatic rings. The highest BCUT2D eigenvalue weighted by Crippen LogP contribution is 2.36. The fraction of sp³-hybridized carbons (Fsp3) is 0.389. The van der Waals surface area contributed by atoms with Crippen LogP contribution in [0.4, 0.5) is 0 Å². The van der Waals surface area contributed by atoms with Gasteiger partial charge in [0.1, 0.15) is 0 Å². The van der Waals surface area contributed by atoms with Crippen LogP contribution in [0.2, 0.25) is 5.02 Å². The summed E-state index contributed by atoms with van der Waals surface area (Å²) in [6.07, 6.45) is 4.01. The first-order valence-corrected chi connectivity index (χ1v) is 8.37. The molecule has 1 saturated heterocycles. The SMILES string of the molecule is Clc1ccc2c(c1)CCc1cccnc1[C@@H]2N1CCNCC1. The minimum Gasteiger partial charge on any atom is -0.314 e. The molecule has 1 aliphatic heterocycles. The van der Waals surface area contributed by atoms with Crippen LogP contribution in [0.5, 0.6) is 0 Å². The van der Waals surface area contributed by atoms with E-state index in [4.69, 9.17) is 16.6 Å². The van der Waals surface area contributed by atoms with Gasteiger partial charge in [-0.05, 0) is 47.7 Å². The summed E-state index contributed by atoms with van der Waals surface area (Å²) in [5, 5.41) is 4.27. The summed E-state index contributed by atoms with van der Waals surface area (Å²) in [6.45, 7) is 4.20. The van der Waals surface area contributed by atoms with Gasteiger partial charge < -0.3 is 5.32 Å². The molecule has 1 aromatic carbocycles. The number of aromatic nitrogens is 1. The fourth-order valence-corrected chi connectivity index (χ4v) is 3.89. The third-order valence-corrected chi connectivity index (χ3v) is 5.00. The Morgan fingerprint density at radius 2 is 1.91 bits per heavy atom. The van der Waals surface area contributed by atoms with Crippen molar-refractivity contribution in [3.8, 4) is 0 Å². The molecular weight excluding hydrogens is 294 g/mol. The molecule has 114 valence electrons. The quantitative estimate of drug-likeness (QED) is 0.877. The number of benzene rings is 1. The van der Waals surface area contributed by atoms with Gasteiger partial charge >= 0.3 is 0 Å². The van der Waals surface area contributed by atoms with Gasteiger partial charge in [0.15, 0.2) is 0 Å². The predicted molar refractivity (Wildman–Crippen MR) is 89.4 cm³/mol. The molecule has 4 rings (SSSR count). The molecule has 0 spiro atoms. The van der Waals surface area contributed by atoms with Crippen LogP contribution in [0.3, 0.4) is 0 Å². The lowest BCUT2D eigenvalue weighted by molar-refractivity contribution is 0.195. The Kier molecular flexibility index (Phi) is 3.87. The lowest BCUT2D eigenvalue weighted by atomic mass is 9.96. The van der Waals surface area contributed by atoms with Gasteiger partial charge in [-0.15, -0.1) is 0 Å². The van der Waals surface area contributed by atoms with E-state index in [1.165, 1.54) is 22.4 Å². The highest BCUT2D eigenvalue weighted by atomic mass is 35.5. The number of piperazine rings is 1. The van der Waals surface area contributed by atoms with E-state index in [1.54, 1.807) is 0 Å². The van der Waals surface area contributed by atoms with Crippen LogP contribution < -0.4 is 5.32 Å². The molecule has 1 fully saturated rings. The van der Waals surface area contributed by atoms with Crippen molar-refractivity contribution >= 4 is 11.6 Å². The second-order valence-electron chi connectivity index (χ2n) is 6.08. The topological polar surface area (TPSA) is 28.2 Å². The van der Waals surface area contributed by atoms with Crippen LogP contribution in [0.1, 0.15) is 28.4 Å². The van der Waals surface area contributed by atoms with Gasteiger partial charge in [-0.1, -0.05) is 23.7 Å². The Morgan fingerprint density at radius 1 is 1.09 bits per heavy atom. The van der Waals surface area contributed by atoms with E-state index in [9.17, 15) is 0 Å². The number of nitrogens with one attached hydrogen (secondary N) is 1. The molecule has 0 radical (unpaired) electrons. The number of aryl methyl sites for hydroxylation is 2. The molecule has 1 aliphatic carbocycles. The number of rotatable bonds is 1. The zero-order valence-corrected chi connectivity index (χ0v) is 13.3. The molecule has 1 N–H and O–H groups in total. The third-order valence-electron chi connectivity index (χ3n) is 4.77. The van der Waals surface area contributed by atoms with Crippen molar-refractivity contribution in [1.29, 1.82) is 0 Å². The molecule has 0 unspecified atom stereocenters. The predicted octanol–water partition coefficient (Wildman–Crippen LogP) is 2.83. The molecular formula is C18H20ClN3. The van der Waals surface area contributed by atoms with Crippen LogP contribution in [-0.4, -0.2) is 36.1 Å². The van der Waals surface area contributed by atoms with Crippen LogP contribution in [0, 0.1) is 0 Å². The first kappa shape index (κ1) is 14.2. The van der Waals surface area contributed by atoms with E-state index >= 15 is 0 Å². The molecule has 1 atom stereocenters. The van der Waals surface area contributed by atoms with Crippen molar-refractivity contribution in [1.82, 2.24) is 15.2 Å². The van der Waals surface area contributed by atoms with Gasteiger partial charge in [0.05, 0.1) is 11.7 Å². The molecule has 3 nitrogen and oxygen atoms in total. The summed E-state index contributed by atoms with van der Waals surface area (Å²) in [5.74, 6) is 0. The lowest BCUT2D eigenvalue weighted by Gasteiger charge is -2.35. The third kappa shape index (κ3) is 2.54. The molecule has 2 aliphatic rings. The van der Waals surface area contributed by atoms with Gasteiger partial charge in [-0.3, -0.25) is 9.88 Å². The van der Waals surface area contributed by atoms with Crippen LogP contribution >= 0.6 is 11.6 Å². The van der Waals surface area contributed by atoms with Crippen molar-refractivity contribution < 1.29 is 0 Å². The Hall–Kier alpha value is -1.42. The van der Waals surface area contributed by atoms with E-state index in [0.717, 1.165) is 44.0 Å². The summed E-state index contributed by atoms with van der Waals surface area (Å²) >= 11 is 6.24. The first-order valence-electron chi connectivity index (χ1n) is 8.00. The summed E-state index contributed by atoms with van der Waals surface area (Å²) < 4.78 is 0. The minimum atomic E-state index is 0.257. The highest BCUT2D eigenvalue weighted by molar-refractivity contribution is 6.30. The van der Waals surface area contributed by atoms with Crippen molar-refractivity contribution in [2.45, 2.75) is 18.9 Å². The minimum absolute atomic E-state index is 0.257. The van der Waals surface area contributed by atoms with E-state index in [-0.39, 0.29) is 6.04 Å². The van der Waals surface area contributed by atoms with E-state index in [2.05, 4.69) is 34.5 Å². The number of hydrogen-bond donors (Lipinski definition) is 1. The number of pyridine rings is 1. The number of hydrogen-bond acceptors (Lipinski definition) is 3. The van der Waals surface area contributed by atoms with Crippen LogP contribution in [0.25, 0.3) is 0 Å². The maximum atomic E-state index is 6.24. The van der Waals surface area contributed by atoms with Crippen molar-refractivity contribution in [2.24, 2.45) is 0 Å². The lowest BCUT2D eigenvalue weighted by Crippen LogP contribution is -2.45.